The Kier molecular flexibility index (Phi) is 4.25. The minimum atomic E-state index is -0.943. The lowest BCUT2D eigenvalue weighted by molar-refractivity contribution is -0.119. The topological polar surface area (TPSA) is 80.7 Å². The van der Waals surface area contributed by atoms with Gasteiger partial charge in [0.2, 0.25) is 0 Å². The quantitative estimate of drug-likeness (QED) is 0.720. The average molecular weight is 320 g/mol. The van der Waals surface area contributed by atoms with E-state index in [2.05, 4.69) is 11.1 Å². The van der Waals surface area contributed by atoms with E-state index in [9.17, 15) is 14.9 Å². The number of pyridine rings is 1. The lowest BCUT2D eigenvalue weighted by Crippen LogP contribution is -2.22. The molecule has 0 fully saturated rings. The second kappa shape index (κ2) is 6.50. The second-order valence-corrected chi connectivity index (χ2v) is 5.53. The molecule has 2 aromatic heterocycles. The van der Waals surface area contributed by atoms with Gasteiger partial charge in [0.05, 0.1) is 17.1 Å². The summed E-state index contributed by atoms with van der Waals surface area (Å²) in [5, 5.41) is 9.46. The van der Waals surface area contributed by atoms with Crippen LogP contribution in [-0.2, 0) is 18.4 Å². The molecule has 3 rings (SSSR count). The molecule has 0 saturated carbocycles. The molecule has 0 N–H and O–H groups in total. The SMILES string of the molecule is Cn1c(C(C#N)C(=O)CCn2ccccc2=O)nc2ccccc21. The van der Waals surface area contributed by atoms with Crippen LogP contribution < -0.4 is 5.56 Å². The zero-order chi connectivity index (χ0) is 17.1. The van der Waals surface area contributed by atoms with Crippen molar-refractivity contribution in [2.45, 2.75) is 18.9 Å². The van der Waals surface area contributed by atoms with Crippen LogP contribution >= 0.6 is 0 Å². The number of benzene rings is 1. The van der Waals surface area contributed by atoms with E-state index in [0.29, 0.717) is 5.82 Å². The fourth-order valence-electron chi connectivity index (χ4n) is 2.72. The number of para-hydroxylation sites is 2. The van der Waals surface area contributed by atoms with Gasteiger partial charge < -0.3 is 9.13 Å². The third-order valence-corrected chi connectivity index (χ3v) is 4.03. The Hall–Kier alpha value is -3.20. The Morgan fingerprint density at radius 3 is 2.71 bits per heavy atom. The van der Waals surface area contributed by atoms with Gasteiger partial charge in [-0.1, -0.05) is 18.2 Å². The molecule has 0 aliphatic heterocycles. The number of rotatable bonds is 5. The van der Waals surface area contributed by atoms with Crippen LogP contribution in [0.3, 0.4) is 0 Å². The van der Waals surface area contributed by atoms with Gasteiger partial charge in [0.15, 0.2) is 11.7 Å². The number of hydrogen-bond donors (Lipinski definition) is 0. The molecule has 24 heavy (non-hydrogen) atoms. The van der Waals surface area contributed by atoms with Crippen LogP contribution in [-0.4, -0.2) is 19.9 Å². The summed E-state index contributed by atoms with van der Waals surface area (Å²) in [4.78, 5) is 28.6. The highest BCUT2D eigenvalue weighted by atomic mass is 16.1. The molecule has 1 aromatic carbocycles. The number of aryl methyl sites for hydroxylation is 2. The van der Waals surface area contributed by atoms with Crippen molar-refractivity contribution in [3.63, 3.8) is 0 Å². The number of carbonyl (C=O) groups excluding carboxylic acids is 1. The molecule has 6 heteroatoms. The zero-order valence-corrected chi connectivity index (χ0v) is 13.2. The maximum absolute atomic E-state index is 12.5. The Bertz CT molecular complexity index is 994. The molecule has 1 atom stereocenters. The van der Waals surface area contributed by atoms with E-state index in [-0.39, 0.29) is 24.3 Å². The first kappa shape index (κ1) is 15.7. The van der Waals surface area contributed by atoms with Crippen molar-refractivity contribution in [1.82, 2.24) is 14.1 Å². The number of fused-ring (bicyclic) bond motifs is 1. The minimum absolute atomic E-state index is 0.103. The Morgan fingerprint density at radius 2 is 2.00 bits per heavy atom. The summed E-state index contributed by atoms with van der Waals surface area (Å²) in [6.45, 7) is 0.251. The fourth-order valence-corrected chi connectivity index (χ4v) is 2.72. The van der Waals surface area contributed by atoms with Gasteiger partial charge in [-0.15, -0.1) is 0 Å². The number of hydrogen-bond acceptors (Lipinski definition) is 4. The predicted molar refractivity (Wildman–Crippen MR) is 89.4 cm³/mol. The van der Waals surface area contributed by atoms with Crippen LogP contribution in [0.25, 0.3) is 11.0 Å². The molecule has 120 valence electrons. The van der Waals surface area contributed by atoms with E-state index >= 15 is 0 Å². The first-order valence-corrected chi connectivity index (χ1v) is 7.61. The fraction of sp³-hybridized carbons (Fsp3) is 0.222. The Balaban J connectivity index is 1.84. The van der Waals surface area contributed by atoms with E-state index in [1.54, 1.807) is 29.9 Å². The molecule has 6 nitrogen and oxygen atoms in total. The smallest absolute Gasteiger partial charge is 0.250 e. The molecule has 0 amide bonds. The highest BCUT2D eigenvalue weighted by Gasteiger charge is 2.25. The molecular formula is C18H16N4O2. The molecule has 0 aliphatic carbocycles. The number of aromatic nitrogens is 3. The van der Waals surface area contributed by atoms with Crippen LogP contribution in [0.15, 0.2) is 53.5 Å². The van der Waals surface area contributed by atoms with Crippen molar-refractivity contribution in [3.05, 3.63) is 64.8 Å². The molecule has 0 radical (unpaired) electrons. The van der Waals surface area contributed by atoms with Gasteiger partial charge in [0.25, 0.3) is 5.56 Å². The van der Waals surface area contributed by atoms with Gasteiger partial charge >= 0.3 is 0 Å². The van der Waals surface area contributed by atoms with Gasteiger partial charge in [-0.3, -0.25) is 9.59 Å². The molecule has 2 heterocycles. The van der Waals surface area contributed by atoms with Crippen molar-refractivity contribution in [2.75, 3.05) is 0 Å². The summed E-state index contributed by atoms with van der Waals surface area (Å²) in [5.41, 5.74) is 1.46. The number of nitrogens with zero attached hydrogens (tertiary/aromatic N) is 4. The molecule has 1 unspecified atom stereocenters. The number of Topliss-reactive ketones (excluding diaryl/α,β-unsaturated/α-hetero) is 1. The van der Waals surface area contributed by atoms with Crippen molar-refractivity contribution >= 4 is 16.8 Å². The molecule has 0 aliphatic rings. The minimum Gasteiger partial charge on any atom is -0.330 e. The summed E-state index contributed by atoms with van der Waals surface area (Å²) in [5.74, 6) is -0.752. The lowest BCUT2D eigenvalue weighted by Gasteiger charge is -2.09. The summed E-state index contributed by atoms with van der Waals surface area (Å²) in [6.07, 6.45) is 1.73. The molecule has 0 bridgehead atoms. The standard InChI is InChI=1S/C18H16N4O2/c1-21-15-7-3-2-6-14(15)20-18(21)13(12-19)16(23)9-11-22-10-5-4-8-17(22)24/h2-8,10,13H,9,11H2,1H3. The number of carbonyl (C=O) groups is 1. The normalized spacial score (nSPS) is 12.0. The molecule has 0 saturated heterocycles. The maximum Gasteiger partial charge on any atom is 0.250 e. The summed E-state index contributed by atoms with van der Waals surface area (Å²) >= 11 is 0. The predicted octanol–water partition coefficient (Wildman–Crippen LogP) is 2.00. The van der Waals surface area contributed by atoms with Crippen LogP contribution in [0.5, 0.6) is 0 Å². The zero-order valence-electron chi connectivity index (χ0n) is 13.2. The van der Waals surface area contributed by atoms with E-state index in [1.807, 2.05) is 24.3 Å². The molecular weight excluding hydrogens is 304 g/mol. The first-order chi connectivity index (χ1) is 11.6. The van der Waals surface area contributed by atoms with E-state index in [0.717, 1.165) is 11.0 Å². The highest BCUT2D eigenvalue weighted by Crippen LogP contribution is 2.22. The van der Waals surface area contributed by atoms with Gasteiger partial charge in [-0.2, -0.15) is 5.26 Å². The van der Waals surface area contributed by atoms with Crippen molar-refractivity contribution in [2.24, 2.45) is 7.05 Å². The number of imidazole rings is 1. The van der Waals surface area contributed by atoms with Crippen LogP contribution in [0.4, 0.5) is 0 Å². The maximum atomic E-state index is 12.5. The van der Waals surface area contributed by atoms with Crippen LogP contribution in [0.1, 0.15) is 18.2 Å². The summed E-state index contributed by atoms with van der Waals surface area (Å²) in [7, 11) is 1.80. The van der Waals surface area contributed by atoms with Gasteiger partial charge in [-0.25, -0.2) is 4.98 Å². The van der Waals surface area contributed by atoms with Gasteiger partial charge in [0, 0.05) is 32.3 Å². The Labute approximate surface area is 138 Å². The lowest BCUT2D eigenvalue weighted by atomic mass is 10.0. The van der Waals surface area contributed by atoms with E-state index in [1.165, 1.54) is 10.6 Å². The molecule has 3 aromatic rings. The monoisotopic (exact) mass is 320 g/mol. The van der Waals surface area contributed by atoms with Gasteiger partial charge in [0.1, 0.15) is 5.82 Å². The third-order valence-electron chi connectivity index (χ3n) is 4.03. The van der Waals surface area contributed by atoms with Crippen LogP contribution in [0.2, 0.25) is 0 Å². The van der Waals surface area contributed by atoms with Crippen molar-refractivity contribution in [3.8, 4) is 6.07 Å². The Morgan fingerprint density at radius 1 is 1.25 bits per heavy atom. The van der Waals surface area contributed by atoms with E-state index < -0.39 is 5.92 Å². The van der Waals surface area contributed by atoms with Gasteiger partial charge in [-0.05, 0) is 18.2 Å². The summed E-state index contributed by atoms with van der Waals surface area (Å²) in [6, 6.07) is 14.4. The second-order valence-electron chi connectivity index (χ2n) is 5.53. The van der Waals surface area contributed by atoms with Crippen molar-refractivity contribution < 1.29 is 4.79 Å². The molecule has 0 spiro atoms. The summed E-state index contributed by atoms with van der Waals surface area (Å²) < 4.78 is 3.23. The number of ketones is 1. The first-order valence-electron chi connectivity index (χ1n) is 7.61. The van der Waals surface area contributed by atoms with Crippen LogP contribution in [0, 0.1) is 11.3 Å². The van der Waals surface area contributed by atoms with E-state index in [4.69, 9.17) is 0 Å². The third kappa shape index (κ3) is 2.84. The number of nitriles is 1. The largest absolute Gasteiger partial charge is 0.330 e. The average Bonchev–Trinajstić information content (AvgIpc) is 2.92. The highest BCUT2D eigenvalue weighted by molar-refractivity contribution is 5.89. The van der Waals surface area contributed by atoms with Crippen molar-refractivity contribution in [1.29, 1.82) is 5.26 Å².